The third-order valence-corrected chi connectivity index (χ3v) is 2.47. The van der Waals surface area contributed by atoms with E-state index >= 15 is 0 Å². The van der Waals surface area contributed by atoms with E-state index in [1.807, 2.05) is 13.0 Å². The van der Waals surface area contributed by atoms with Crippen LogP contribution in [-0.2, 0) is 6.42 Å². The van der Waals surface area contributed by atoms with Crippen LogP contribution in [-0.4, -0.2) is 10.2 Å². The van der Waals surface area contributed by atoms with Gasteiger partial charge in [0, 0.05) is 5.56 Å². The Morgan fingerprint density at radius 1 is 1.07 bits per heavy atom. The van der Waals surface area contributed by atoms with Gasteiger partial charge in [0.25, 0.3) is 0 Å². The molecule has 0 N–H and O–H groups in total. The number of rotatable bonds is 2. The Balaban J connectivity index is 2.37. The van der Waals surface area contributed by atoms with E-state index in [9.17, 15) is 0 Å². The Kier molecular flexibility index (Phi) is 2.77. The predicted octanol–water partition coefficient (Wildman–Crippen LogP) is 3.01. The van der Waals surface area contributed by atoms with Gasteiger partial charge in [-0.2, -0.15) is 10.2 Å². The molecule has 0 unspecified atom stereocenters. The zero-order chi connectivity index (χ0) is 10.7. The van der Waals surface area contributed by atoms with Crippen molar-refractivity contribution in [3.8, 4) is 11.1 Å². The Labute approximate surface area is 90.0 Å². The molecule has 0 aliphatic heterocycles. The monoisotopic (exact) mass is 198 g/mol. The summed E-state index contributed by atoms with van der Waals surface area (Å²) in [4.78, 5) is 0. The number of benzene rings is 1. The second kappa shape index (κ2) is 4.22. The van der Waals surface area contributed by atoms with E-state index in [0.717, 1.165) is 17.7 Å². The first-order valence-electron chi connectivity index (χ1n) is 5.18. The minimum Gasteiger partial charge on any atom is -0.158 e. The van der Waals surface area contributed by atoms with Crippen molar-refractivity contribution in [3.63, 3.8) is 0 Å². The molecule has 2 aromatic rings. The molecular weight excluding hydrogens is 184 g/mol. The van der Waals surface area contributed by atoms with Gasteiger partial charge in [0.05, 0.1) is 11.9 Å². The van der Waals surface area contributed by atoms with Crippen molar-refractivity contribution in [2.45, 2.75) is 20.3 Å². The van der Waals surface area contributed by atoms with Gasteiger partial charge in [0.2, 0.25) is 0 Å². The quantitative estimate of drug-likeness (QED) is 0.741. The molecule has 1 heterocycles. The van der Waals surface area contributed by atoms with Crippen molar-refractivity contribution < 1.29 is 0 Å². The molecule has 76 valence electrons. The molecular formula is C13H14N2. The molecule has 1 aromatic heterocycles. The highest BCUT2D eigenvalue weighted by Gasteiger charge is 1.98. The molecule has 0 atom stereocenters. The van der Waals surface area contributed by atoms with Gasteiger partial charge in [-0.05, 0) is 30.5 Å². The summed E-state index contributed by atoms with van der Waals surface area (Å²) in [7, 11) is 0. The van der Waals surface area contributed by atoms with E-state index in [0.29, 0.717) is 0 Å². The highest BCUT2D eigenvalue weighted by Crippen LogP contribution is 2.19. The molecule has 0 radical (unpaired) electrons. The maximum atomic E-state index is 3.95. The van der Waals surface area contributed by atoms with E-state index < -0.39 is 0 Å². The minimum absolute atomic E-state index is 0.951. The Morgan fingerprint density at radius 2 is 1.80 bits per heavy atom. The van der Waals surface area contributed by atoms with Crippen molar-refractivity contribution in [2.24, 2.45) is 0 Å². The number of hydrogen-bond donors (Lipinski definition) is 0. The third-order valence-electron chi connectivity index (χ3n) is 2.47. The molecule has 2 heteroatoms. The Hall–Kier alpha value is -1.70. The van der Waals surface area contributed by atoms with E-state index in [1.54, 1.807) is 6.20 Å². The topological polar surface area (TPSA) is 25.8 Å². The lowest BCUT2D eigenvalue weighted by Gasteiger charge is -2.02. The van der Waals surface area contributed by atoms with Crippen LogP contribution in [0.4, 0.5) is 0 Å². The fraction of sp³-hybridized carbons (Fsp3) is 0.231. The van der Waals surface area contributed by atoms with E-state index in [4.69, 9.17) is 0 Å². The average Bonchev–Trinajstić information content (AvgIpc) is 2.29. The van der Waals surface area contributed by atoms with Crippen molar-refractivity contribution in [1.29, 1.82) is 0 Å². The molecule has 1 aromatic carbocycles. The summed E-state index contributed by atoms with van der Waals surface area (Å²) in [6, 6.07) is 10.6. The lowest BCUT2D eigenvalue weighted by atomic mass is 10.0. The van der Waals surface area contributed by atoms with Gasteiger partial charge in [0.15, 0.2) is 0 Å². The summed E-state index contributed by atoms with van der Waals surface area (Å²) < 4.78 is 0. The fourth-order valence-corrected chi connectivity index (χ4v) is 1.56. The van der Waals surface area contributed by atoms with Crippen LogP contribution in [0.25, 0.3) is 11.1 Å². The van der Waals surface area contributed by atoms with Crippen LogP contribution >= 0.6 is 0 Å². The average molecular weight is 198 g/mol. The molecule has 0 saturated heterocycles. The molecule has 15 heavy (non-hydrogen) atoms. The van der Waals surface area contributed by atoms with Gasteiger partial charge in [-0.1, -0.05) is 31.2 Å². The molecule has 2 nitrogen and oxygen atoms in total. The number of aryl methyl sites for hydroxylation is 2. The largest absolute Gasteiger partial charge is 0.158 e. The Bertz CT molecular complexity index is 446. The van der Waals surface area contributed by atoms with Gasteiger partial charge in [0.1, 0.15) is 0 Å². The lowest BCUT2D eigenvalue weighted by Crippen LogP contribution is -1.88. The van der Waals surface area contributed by atoms with Crippen LogP contribution in [0, 0.1) is 6.92 Å². The minimum atomic E-state index is 0.951. The van der Waals surface area contributed by atoms with Crippen LogP contribution in [0.5, 0.6) is 0 Å². The van der Waals surface area contributed by atoms with Gasteiger partial charge in [-0.25, -0.2) is 0 Å². The van der Waals surface area contributed by atoms with Gasteiger partial charge < -0.3 is 0 Å². The van der Waals surface area contributed by atoms with Crippen molar-refractivity contribution in [2.75, 3.05) is 0 Å². The molecule has 0 bridgehead atoms. The number of nitrogens with zero attached hydrogens (tertiary/aromatic N) is 2. The van der Waals surface area contributed by atoms with Crippen molar-refractivity contribution in [1.82, 2.24) is 10.2 Å². The lowest BCUT2D eigenvalue weighted by molar-refractivity contribution is 0.982. The molecule has 0 fully saturated rings. The normalized spacial score (nSPS) is 10.3. The molecule has 2 rings (SSSR count). The van der Waals surface area contributed by atoms with Crippen LogP contribution in [0.1, 0.15) is 18.2 Å². The maximum Gasteiger partial charge on any atom is 0.0606 e. The molecule has 0 amide bonds. The smallest absolute Gasteiger partial charge is 0.0606 e. The fourth-order valence-electron chi connectivity index (χ4n) is 1.56. The van der Waals surface area contributed by atoms with Crippen LogP contribution in [0.3, 0.4) is 0 Å². The zero-order valence-corrected chi connectivity index (χ0v) is 9.07. The summed E-state index contributed by atoms with van der Waals surface area (Å²) in [6.45, 7) is 4.12. The second-order valence-electron chi connectivity index (χ2n) is 3.64. The summed E-state index contributed by atoms with van der Waals surface area (Å²) in [5.41, 5.74) is 4.64. The molecule has 0 saturated carbocycles. The zero-order valence-electron chi connectivity index (χ0n) is 9.07. The van der Waals surface area contributed by atoms with Gasteiger partial charge >= 0.3 is 0 Å². The SMILES string of the molecule is CCc1ccc(-c2cnnc(C)c2)cc1. The predicted molar refractivity (Wildman–Crippen MR) is 61.6 cm³/mol. The van der Waals surface area contributed by atoms with E-state index in [2.05, 4.69) is 41.4 Å². The van der Waals surface area contributed by atoms with E-state index in [1.165, 1.54) is 11.1 Å². The van der Waals surface area contributed by atoms with Crippen LogP contribution in [0.2, 0.25) is 0 Å². The Morgan fingerprint density at radius 3 is 2.40 bits per heavy atom. The van der Waals surface area contributed by atoms with Crippen LogP contribution < -0.4 is 0 Å². The highest BCUT2D eigenvalue weighted by atomic mass is 15.1. The summed E-state index contributed by atoms with van der Waals surface area (Å²) in [5, 5.41) is 7.90. The van der Waals surface area contributed by atoms with Gasteiger partial charge in [-0.3, -0.25) is 0 Å². The first kappa shape index (κ1) is 9.84. The molecule has 0 spiro atoms. The number of aromatic nitrogens is 2. The van der Waals surface area contributed by atoms with Crippen molar-refractivity contribution >= 4 is 0 Å². The third kappa shape index (κ3) is 2.21. The first-order chi connectivity index (χ1) is 7.29. The summed E-state index contributed by atoms with van der Waals surface area (Å²) >= 11 is 0. The first-order valence-corrected chi connectivity index (χ1v) is 5.18. The molecule has 0 aliphatic rings. The standard InChI is InChI=1S/C13H14N2/c1-3-11-4-6-12(7-5-11)13-8-10(2)15-14-9-13/h4-9H,3H2,1-2H3. The summed E-state index contributed by atoms with van der Waals surface area (Å²) in [5.74, 6) is 0. The maximum absolute atomic E-state index is 3.95. The van der Waals surface area contributed by atoms with Crippen molar-refractivity contribution in [3.05, 3.63) is 47.8 Å². The highest BCUT2D eigenvalue weighted by molar-refractivity contribution is 5.62. The van der Waals surface area contributed by atoms with E-state index in [-0.39, 0.29) is 0 Å². The molecule has 0 aliphatic carbocycles. The second-order valence-corrected chi connectivity index (χ2v) is 3.64. The number of hydrogen-bond acceptors (Lipinski definition) is 2. The van der Waals surface area contributed by atoms with Crippen LogP contribution in [0.15, 0.2) is 36.5 Å². The summed E-state index contributed by atoms with van der Waals surface area (Å²) in [6.07, 6.45) is 2.88. The van der Waals surface area contributed by atoms with Gasteiger partial charge in [-0.15, -0.1) is 0 Å².